The van der Waals surface area contributed by atoms with Gasteiger partial charge in [0.15, 0.2) is 5.96 Å². The molecule has 0 aromatic heterocycles. The molecule has 0 spiro atoms. The molecule has 1 aliphatic heterocycles. The normalized spacial score (nSPS) is 18.2. The van der Waals surface area contributed by atoms with E-state index in [1.807, 2.05) is 18.2 Å². The van der Waals surface area contributed by atoms with Crippen molar-refractivity contribution in [3.05, 3.63) is 35.4 Å². The number of aliphatic imine (C=N–C) groups is 1. The molecule has 1 saturated heterocycles. The van der Waals surface area contributed by atoms with Crippen LogP contribution in [-0.4, -0.2) is 74.0 Å². The van der Waals surface area contributed by atoms with Crippen LogP contribution in [0.25, 0.3) is 0 Å². The van der Waals surface area contributed by atoms with Gasteiger partial charge in [0.05, 0.1) is 6.54 Å². The second-order valence-corrected chi connectivity index (χ2v) is 9.28. The highest BCUT2D eigenvalue weighted by Crippen LogP contribution is 2.24. The van der Waals surface area contributed by atoms with E-state index in [0.29, 0.717) is 0 Å². The molecule has 1 amide bonds. The van der Waals surface area contributed by atoms with Crippen LogP contribution < -0.4 is 10.6 Å². The van der Waals surface area contributed by atoms with Gasteiger partial charge in [0.25, 0.3) is 5.91 Å². The Morgan fingerprint density at radius 3 is 2.73 bits per heavy atom. The van der Waals surface area contributed by atoms with Crippen molar-refractivity contribution in [2.45, 2.75) is 52.5 Å². The lowest BCUT2D eigenvalue weighted by Gasteiger charge is -2.42. The van der Waals surface area contributed by atoms with Crippen molar-refractivity contribution in [1.29, 1.82) is 0 Å². The van der Waals surface area contributed by atoms with E-state index in [-0.39, 0.29) is 11.4 Å². The summed E-state index contributed by atoms with van der Waals surface area (Å²) in [6.45, 7) is 13.7. The summed E-state index contributed by atoms with van der Waals surface area (Å²) in [6, 6.07) is 7.87. The highest BCUT2D eigenvalue weighted by molar-refractivity contribution is 5.94. The van der Waals surface area contributed by atoms with Gasteiger partial charge in [-0.3, -0.25) is 14.7 Å². The zero-order valence-corrected chi connectivity index (χ0v) is 19.8. The number of hydrogen-bond donors (Lipinski definition) is 2. The number of likely N-dealkylation sites (tertiary alicyclic amines) is 1. The van der Waals surface area contributed by atoms with Crippen molar-refractivity contribution < 1.29 is 4.79 Å². The third-order valence-electron chi connectivity index (χ3n) is 5.77. The van der Waals surface area contributed by atoms with E-state index in [1.54, 1.807) is 19.0 Å². The molecule has 1 heterocycles. The molecule has 0 aliphatic carbocycles. The quantitative estimate of drug-likeness (QED) is 0.506. The fourth-order valence-electron chi connectivity index (χ4n) is 3.90. The first-order valence-corrected chi connectivity index (χ1v) is 11.3. The van der Waals surface area contributed by atoms with E-state index >= 15 is 0 Å². The van der Waals surface area contributed by atoms with Crippen LogP contribution in [0.2, 0.25) is 0 Å². The van der Waals surface area contributed by atoms with Gasteiger partial charge < -0.3 is 15.5 Å². The predicted molar refractivity (Wildman–Crippen MR) is 126 cm³/mol. The molecule has 6 nitrogen and oxygen atoms in total. The van der Waals surface area contributed by atoms with E-state index in [2.05, 4.69) is 49.3 Å². The maximum absolute atomic E-state index is 12.2. The standard InChI is InChI=1S/C24H41N5O/c1-7-25-23(27-18-24(3,4)29-15-9-10-19(2)17-29)26-14-13-20-11-8-12-21(16-20)22(30)28(5)6/h8,11-12,16,19H,7,9-10,13-15,17-18H2,1-6H3,(H2,25,26,27). The Kier molecular flexibility index (Phi) is 9.15. The lowest BCUT2D eigenvalue weighted by Crippen LogP contribution is -2.51. The molecule has 1 aromatic rings. The average Bonchev–Trinajstić information content (AvgIpc) is 2.71. The van der Waals surface area contributed by atoms with Crippen molar-refractivity contribution in [3.63, 3.8) is 0 Å². The fraction of sp³-hybridized carbons (Fsp3) is 0.667. The number of rotatable bonds is 8. The number of carbonyl (C=O) groups excluding carboxylic acids is 1. The van der Waals surface area contributed by atoms with Crippen LogP contribution in [0.1, 0.15) is 56.5 Å². The van der Waals surface area contributed by atoms with Gasteiger partial charge in [-0.05, 0) is 70.2 Å². The van der Waals surface area contributed by atoms with E-state index in [9.17, 15) is 4.79 Å². The van der Waals surface area contributed by atoms with E-state index in [4.69, 9.17) is 4.99 Å². The van der Waals surface area contributed by atoms with Gasteiger partial charge in [-0.2, -0.15) is 0 Å². The Bertz CT molecular complexity index is 713. The molecule has 1 aliphatic rings. The summed E-state index contributed by atoms with van der Waals surface area (Å²) >= 11 is 0. The minimum absolute atomic E-state index is 0.0361. The van der Waals surface area contributed by atoms with Crippen molar-refractivity contribution in [2.24, 2.45) is 10.9 Å². The van der Waals surface area contributed by atoms with Crippen LogP contribution in [-0.2, 0) is 6.42 Å². The Morgan fingerprint density at radius 1 is 1.30 bits per heavy atom. The van der Waals surface area contributed by atoms with Crippen LogP contribution in [0.3, 0.4) is 0 Å². The summed E-state index contributed by atoms with van der Waals surface area (Å²) in [5, 5.41) is 6.81. The van der Waals surface area contributed by atoms with Gasteiger partial charge in [0.2, 0.25) is 0 Å². The van der Waals surface area contributed by atoms with Crippen molar-refractivity contribution in [1.82, 2.24) is 20.4 Å². The van der Waals surface area contributed by atoms with Crippen LogP contribution in [0.15, 0.2) is 29.3 Å². The molecule has 2 rings (SSSR count). The maximum atomic E-state index is 12.2. The van der Waals surface area contributed by atoms with E-state index in [1.165, 1.54) is 19.4 Å². The number of benzene rings is 1. The zero-order valence-electron chi connectivity index (χ0n) is 19.8. The largest absolute Gasteiger partial charge is 0.357 e. The molecule has 2 N–H and O–H groups in total. The summed E-state index contributed by atoms with van der Waals surface area (Å²) in [5.74, 6) is 1.66. The minimum atomic E-state index is 0.0361. The first-order chi connectivity index (χ1) is 14.2. The number of nitrogens with one attached hydrogen (secondary N) is 2. The van der Waals surface area contributed by atoms with Crippen molar-refractivity contribution >= 4 is 11.9 Å². The minimum Gasteiger partial charge on any atom is -0.357 e. The third kappa shape index (κ3) is 7.31. The number of piperidine rings is 1. The molecule has 0 saturated carbocycles. The average molecular weight is 416 g/mol. The van der Waals surface area contributed by atoms with Crippen molar-refractivity contribution in [2.75, 3.05) is 46.8 Å². The zero-order chi connectivity index (χ0) is 22.1. The molecule has 168 valence electrons. The lowest BCUT2D eigenvalue weighted by atomic mass is 9.94. The molecule has 0 radical (unpaired) electrons. The van der Waals surface area contributed by atoms with Gasteiger partial charge >= 0.3 is 0 Å². The Morgan fingerprint density at radius 2 is 2.07 bits per heavy atom. The van der Waals surface area contributed by atoms with Crippen LogP contribution in [0, 0.1) is 5.92 Å². The molecule has 30 heavy (non-hydrogen) atoms. The van der Waals surface area contributed by atoms with Gasteiger partial charge in [-0.15, -0.1) is 0 Å². The molecule has 0 bridgehead atoms. The van der Waals surface area contributed by atoms with Gasteiger partial charge in [-0.25, -0.2) is 0 Å². The van der Waals surface area contributed by atoms with Gasteiger partial charge in [-0.1, -0.05) is 19.1 Å². The highest BCUT2D eigenvalue weighted by Gasteiger charge is 2.30. The first kappa shape index (κ1) is 24.2. The molecule has 1 atom stereocenters. The van der Waals surface area contributed by atoms with Crippen LogP contribution >= 0.6 is 0 Å². The van der Waals surface area contributed by atoms with E-state index in [0.717, 1.165) is 55.6 Å². The monoisotopic (exact) mass is 415 g/mol. The second-order valence-electron chi connectivity index (χ2n) is 9.28. The molecular weight excluding hydrogens is 374 g/mol. The summed E-state index contributed by atoms with van der Waals surface area (Å²) in [7, 11) is 3.56. The molecule has 1 aromatic carbocycles. The molecule has 6 heteroatoms. The predicted octanol–water partition coefficient (Wildman–Crippen LogP) is 3.00. The fourth-order valence-corrected chi connectivity index (χ4v) is 3.90. The first-order valence-electron chi connectivity index (χ1n) is 11.3. The number of amides is 1. The SMILES string of the molecule is CCNC(=NCC(C)(C)N1CCCC(C)C1)NCCc1cccc(C(=O)N(C)C)c1. The van der Waals surface area contributed by atoms with Crippen molar-refractivity contribution in [3.8, 4) is 0 Å². The smallest absolute Gasteiger partial charge is 0.253 e. The molecule has 1 fully saturated rings. The Labute approximate surface area is 183 Å². The number of nitrogens with zero attached hydrogens (tertiary/aromatic N) is 3. The molecule has 1 unspecified atom stereocenters. The number of hydrogen-bond acceptors (Lipinski definition) is 3. The summed E-state index contributed by atoms with van der Waals surface area (Å²) in [6.07, 6.45) is 3.45. The lowest BCUT2D eigenvalue weighted by molar-refractivity contribution is 0.0774. The summed E-state index contributed by atoms with van der Waals surface area (Å²) in [4.78, 5) is 21.2. The third-order valence-corrected chi connectivity index (χ3v) is 5.77. The second kappa shape index (κ2) is 11.3. The van der Waals surface area contributed by atoms with Gasteiger partial charge in [0.1, 0.15) is 0 Å². The number of guanidine groups is 1. The highest BCUT2D eigenvalue weighted by atomic mass is 16.2. The topological polar surface area (TPSA) is 60.0 Å². The van der Waals surface area contributed by atoms with Crippen LogP contribution in [0.5, 0.6) is 0 Å². The Hall–Kier alpha value is -2.08. The number of carbonyl (C=O) groups is 1. The Balaban J connectivity index is 1.92. The molecular formula is C24H41N5O. The summed E-state index contributed by atoms with van der Waals surface area (Å²) < 4.78 is 0. The van der Waals surface area contributed by atoms with E-state index < -0.39 is 0 Å². The maximum Gasteiger partial charge on any atom is 0.253 e. The summed E-state index contributed by atoms with van der Waals surface area (Å²) in [5.41, 5.74) is 1.93. The van der Waals surface area contributed by atoms with Crippen LogP contribution in [0.4, 0.5) is 0 Å². The van der Waals surface area contributed by atoms with Gasteiger partial charge in [0, 0.05) is 44.8 Å².